The Labute approximate surface area is 148 Å². The fourth-order valence-corrected chi connectivity index (χ4v) is 4.30. The zero-order valence-electron chi connectivity index (χ0n) is 13.6. The van der Waals surface area contributed by atoms with Crippen LogP contribution in [0.25, 0.3) is 0 Å². The van der Waals surface area contributed by atoms with Gasteiger partial charge in [0.1, 0.15) is 0 Å². The molecule has 0 aliphatic heterocycles. The van der Waals surface area contributed by atoms with Crippen LogP contribution in [0.4, 0.5) is 0 Å². The van der Waals surface area contributed by atoms with E-state index in [0.717, 1.165) is 5.02 Å². The summed E-state index contributed by atoms with van der Waals surface area (Å²) in [5, 5.41) is 13.7. The molecule has 0 amide bonds. The molecule has 0 bridgehead atoms. The molecule has 2 aliphatic carbocycles. The Balaban J connectivity index is 1.63. The molecule has 2 nitrogen and oxygen atoms in total. The first-order valence-electron chi connectivity index (χ1n) is 8.72. The van der Waals surface area contributed by atoms with Gasteiger partial charge in [-0.05, 0) is 66.5 Å². The van der Waals surface area contributed by atoms with Crippen molar-refractivity contribution in [2.24, 2.45) is 5.41 Å². The lowest BCUT2D eigenvalue weighted by atomic mass is 9.53. The van der Waals surface area contributed by atoms with Crippen LogP contribution < -0.4 is 5.32 Å². The molecule has 1 N–H and O–H groups in total. The minimum absolute atomic E-state index is 0.151. The summed E-state index contributed by atoms with van der Waals surface area (Å²) in [5.41, 5.74) is 3.69. The summed E-state index contributed by atoms with van der Waals surface area (Å²) >= 11 is 6.07. The first-order chi connectivity index (χ1) is 11.7. The van der Waals surface area contributed by atoms with E-state index >= 15 is 0 Å². The number of halogens is 1. The predicted octanol–water partition coefficient (Wildman–Crippen LogP) is 5.22. The molecule has 0 aromatic heterocycles. The molecule has 2 saturated carbocycles. The van der Waals surface area contributed by atoms with E-state index in [2.05, 4.69) is 35.7 Å². The summed E-state index contributed by atoms with van der Waals surface area (Å²) in [6.45, 7) is 0. The molecule has 1 spiro atoms. The third-order valence-electron chi connectivity index (χ3n) is 5.96. The second kappa shape index (κ2) is 6.24. The fourth-order valence-electron chi connectivity index (χ4n) is 4.18. The van der Waals surface area contributed by atoms with Crippen LogP contribution in [0.1, 0.15) is 54.8 Å². The third kappa shape index (κ3) is 2.73. The molecular weight excluding hydrogens is 316 g/mol. The zero-order chi connectivity index (χ0) is 16.6. The number of rotatable bonds is 4. The van der Waals surface area contributed by atoms with E-state index in [4.69, 9.17) is 16.9 Å². The molecule has 24 heavy (non-hydrogen) atoms. The van der Waals surface area contributed by atoms with Crippen LogP contribution in [0, 0.1) is 16.7 Å². The molecule has 122 valence electrons. The van der Waals surface area contributed by atoms with E-state index in [0.29, 0.717) is 17.0 Å². The minimum atomic E-state index is 0.151. The van der Waals surface area contributed by atoms with E-state index in [1.54, 1.807) is 0 Å². The van der Waals surface area contributed by atoms with Crippen molar-refractivity contribution in [2.75, 3.05) is 0 Å². The smallest absolute Gasteiger partial charge is 0.0991 e. The van der Waals surface area contributed by atoms with Crippen LogP contribution in [0.15, 0.2) is 48.5 Å². The van der Waals surface area contributed by atoms with Gasteiger partial charge in [-0.3, -0.25) is 0 Å². The van der Waals surface area contributed by atoms with E-state index < -0.39 is 0 Å². The number of benzene rings is 2. The molecule has 2 atom stereocenters. The maximum absolute atomic E-state index is 9.04. The van der Waals surface area contributed by atoms with Gasteiger partial charge in [0.2, 0.25) is 0 Å². The summed E-state index contributed by atoms with van der Waals surface area (Å²) < 4.78 is 0. The number of nitrogens with zero attached hydrogens (tertiary/aromatic N) is 1. The van der Waals surface area contributed by atoms with Gasteiger partial charge in [-0.25, -0.2) is 0 Å². The van der Waals surface area contributed by atoms with Gasteiger partial charge in [-0.2, -0.15) is 5.26 Å². The average Bonchev–Trinajstić information content (AvgIpc) is 2.55. The van der Waals surface area contributed by atoms with E-state index in [9.17, 15) is 0 Å². The highest BCUT2D eigenvalue weighted by Crippen LogP contribution is 2.56. The van der Waals surface area contributed by atoms with Crippen molar-refractivity contribution in [3.05, 3.63) is 70.2 Å². The lowest BCUT2D eigenvalue weighted by molar-refractivity contribution is -0.0209. The van der Waals surface area contributed by atoms with Gasteiger partial charge < -0.3 is 5.32 Å². The summed E-state index contributed by atoms with van der Waals surface area (Å²) in [6.07, 6.45) is 6.74. The Hall–Kier alpha value is -1.82. The molecule has 0 radical (unpaired) electrons. The van der Waals surface area contributed by atoms with E-state index in [1.807, 2.05) is 24.3 Å². The summed E-state index contributed by atoms with van der Waals surface area (Å²) in [7, 11) is 0. The molecule has 3 heteroatoms. The van der Waals surface area contributed by atoms with Crippen molar-refractivity contribution >= 4 is 11.6 Å². The Morgan fingerprint density at radius 1 is 1.00 bits per heavy atom. The van der Waals surface area contributed by atoms with Gasteiger partial charge in [-0.15, -0.1) is 0 Å². The van der Waals surface area contributed by atoms with Gasteiger partial charge in [0.25, 0.3) is 0 Å². The molecule has 2 aromatic rings. The quantitative estimate of drug-likeness (QED) is 0.830. The Kier molecular flexibility index (Phi) is 4.08. The fraction of sp³-hybridized carbons (Fsp3) is 0.381. The molecule has 2 aromatic carbocycles. The maximum Gasteiger partial charge on any atom is 0.0991 e. The van der Waals surface area contributed by atoms with E-state index in [1.165, 1.54) is 43.2 Å². The lowest BCUT2D eigenvalue weighted by Crippen LogP contribution is -2.57. The van der Waals surface area contributed by atoms with Gasteiger partial charge in [0.05, 0.1) is 17.7 Å². The molecule has 2 fully saturated rings. The van der Waals surface area contributed by atoms with Crippen LogP contribution in [0.2, 0.25) is 5.02 Å². The monoisotopic (exact) mass is 336 g/mol. The predicted molar refractivity (Wildman–Crippen MR) is 96.9 cm³/mol. The zero-order valence-corrected chi connectivity index (χ0v) is 14.4. The van der Waals surface area contributed by atoms with Gasteiger partial charge in [0.15, 0.2) is 0 Å². The van der Waals surface area contributed by atoms with Crippen LogP contribution >= 0.6 is 11.6 Å². The molecule has 0 heterocycles. The highest BCUT2D eigenvalue weighted by atomic mass is 35.5. The van der Waals surface area contributed by atoms with Gasteiger partial charge in [-0.1, -0.05) is 42.3 Å². The van der Waals surface area contributed by atoms with Crippen molar-refractivity contribution in [3.8, 4) is 6.07 Å². The van der Waals surface area contributed by atoms with Crippen molar-refractivity contribution < 1.29 is 0 Å². The van der Waals surface area contributed by atoms with Gasteiger partial charge >= 0.3 is 0 Å². The normalized spacial score (nSPS) is 22.2. The summed E-state index contributed by atoms with van der Waals surface area (Å²) in [5.74, 6) is 0. The molecule has 4 rings (SSSR count). The number of hydrogen-bond acceptors (Lipinski definition) is 2. The maximum atomic E-state index is 9.04. The van der Waals surface area contributed by atoms with Crippen molar-refractivity contribution in [3.63, 3.8) is 0 Å². The molecule has 2 unspecified atom stereocenters. The lowest BCUT2D eigenvalue weighted by Gasteiger charge is -2.57. The summed E-state index contributed by atoms with van der Waals surface area (Å²) in [4.78, 5) is 0. The van der Waals surface area contributed by atoms with Gasteiger partial charge in [0, 0.05) is 11.1 Å². The molecular formula is C21H21ClN2. The SMILES string of the molecule is N#Cc1ccc(C(NC2CCC23CCC3)c2ccc(Cl)cc2)cc1. The number of nitriles is 1. The second-order valence-corrected chi connectivity index (χ2v) is 7.63. The topological polar surface area (TPSA) is 35.8 Å². The van der Waals surface area contributed by atoms with Crippen molar-refractivity contribution in [2.45, 2.75) is 44.2 Å². The standard InChI is InChI=1S/C21H21ClN2/c22-18-8-6-17(7-9-18)20(16-4-2-15(14-23)3-5-16)24-19-10-13-21(19)11-1-12-21/h2-9,19-20,24H,1,10-13H2. The molecule has 2 aliphatic rings. The average molecular weight is 337 g/mol. The highest BCUT2D eigenvalue weighted by molar-refractivity contribution is 6.30. The molecule has 0 saturated heterocycles. The van der Waals surface area contributed by atoms with Crippen molar-refractivity contribution in [1.82, 2.24) is 5.32 Å². The van der Waals surface area contributed by atoms with Crippen LogP contribution in [-0.2, 0) is 0 Å². The van der Waals surface area contributed by atoms with Crippen molar-refractivity contribution in [1.29, 1.82) is 5.26 Å². The summed E-state index contributed by atoms with van der Waals surface area (Å²) in [6, 6.07) is 19.0. The minimum Gasteiger partial charge on any atom is -0.303 e. The largest absolute Gasteiger partial charge is 0.303 e. The second-order valence-electron chi connectivity index (χ2n) is 7.19. The van der Waals surface area contributed by atoms with Crippen LogP contribution in [-0.4, -0.2) is 6.04 Å². The Morgan fingerprint density at radius 3 is 2.08 bits per heavy atom. The van der Waals surface area contributed by atoms with Crippen LogP contribution in [0.5, 0.6) is 0 Å². The highest BCUT2D eigenvalue weighted by Gasteiger charge is 2.50. The third-order valence-corrected chi connectivity index (χ3v) is 6.22. The first kappa shape index (κ1) is 15.7. The Morgan fingerprint density at radius 2 is 1.62 bits per heavy atom. The Bertz CT molecular complexity index is 748. The number of nitrogens with one attached hydrogen (secondary N) is 1. The van der Waals surface area contributed by atoms with Crippen LogP contribution in [0.3, 0.4) is 0 Å². The van der Waals surface area contributed by atoms with E-state index in [-0.39, 0.29) is 6.04 Å². The number of hydrogen-bond donors (Lipinski definition) is 1. The first-order valence-corrected chi connectivity index (χ1v) is 9.10.